The van der Waals surface area contributed by atoms with Gasteiger partial charge in [0.25, 0.3) is 0 Å². The number of hydrogen-bond donors (Lipinski definition) is 0. The molecule has 0 aliphatic rings. The van der Waals surface area contributed by atoms with E-state index >= 15 is 0 Å². The number of carbonyl (C=O) groups excluding carboxylic acids is 1. The maximum Gasteiger partial charge on any atom is 0.356 e. The van der Waals surface area contributed by atoms with Crippen molar-refractivity contribution in [2.24, 2.45) is 0 Å². The Labute approximate surface area is 127 Å². The number of carbonyl (C=O) groups is 1. The zero-order valence-corrected chi connectivity index (χ0v) is 12.9. The highest BCUT2D eigenvalue weighted by molar-refractivity contribution is 9.10. The third-order valence-electron chi connectivity index (χ3n) is 2.73. The second-order valence-corrected chi connectivity index (χ2v) is 5.55. The minimum absolute atomic E-state index is 0.340. The van der Waals surface area contributed by atoms with Crippen molar-refractivity contribution in [2.75, 3.05) is 6.61 Å². The van der Waals surface area contributed by atoms with Gasteiger partial charge in [-0.15, -0.1) is 11.3 Å². The predicted molar refractivity (Wildman–Crippen MR) is 80.0 cm³/mol. The first kappa shape index (κ1) is 13.3. The van der Waals surface area contributed by atoms with Crippen molar-refractivity contribution in [3.8, 4) is 11.3 Å². The van der Waals surface area contributed by atoms with Crippen LogP contribution >= 0.6 is 27.3 Å². The number of nitrogens with zero attached hydrogens (tertiary/aromatic N) is 3. The second kappa shape index (κ2) is 5.34. The van der Waals surface area contributed by atoms with Crippen LogP contribution in [0.1, 0.15) is 17.4 Å². The fraction of sp³-hybridized carbons (Fsp3) is 0.154. The van der Waals surface area contributed by atoms with Gasteiger partial charge in [-0.1, -0.05) is 0 Å². The smallest absolute Gasteiger partial charge is 0.356 e. The maximum atomic E-state index is 11.8. The van der Waals surface area contributed by atoms with E-state index in [2.05, 4.69) is 25.9 Å². The van der Waals surface area contributed by atoms with Crippen LogP contribution in [0.2, 0.25) is 0 Å². The summed E-state index contributed by atoms with van der Waals surface area (Å²) in [4.78, 5) is 21.3. The molecule has 0 radical (unpaired) electrons. The van der Waals surface area contributed by atoms with Crippen LogP contribution in [0.5, 0.6) is 0 Å². The van der Waals surface area contributed by atoms with Crippen molar-refractivity contribution in [3.05, 3.63) is 40.2 Å². The Hall–Kier alpha value is -1.73. The van der Waals surface area contributed by atoms with Gasteiger partial charge in [0.1, 0.15) is 10.3 Å². The lowest BCUT2D eigenvalue weighted by atomic mass is 10.2. The summed E-state index contributed by atoms with van der Waals surface area (Å²) in [7, 11) is 0. The first-order valence-corrected chi connectivity index (χ1v) is 7.62. The number of hydrogen-bond acceptors (Lipinski definition) is 5. The van der Waals surface area contributed by atoms with E-state index in [-0.39, 0.29) is 5.97 Å². The van der Waals surface area contributed by atoms with E-state index in [1.165, 1.54) is 11.3 Å². The zero-order valence-electron chi connectivity index (χ0n) is 10.5. The second-order valence-electron chi connectivity index (χ2n) is 3.96. The Bertz CT molecular complexity index is 781. The Kier molecular flexibility index (Phi) is 3.54. The molecule has 0 amide bonds. The average Bonchev–Trinajstić information content (AvgIpc) is 2.99. The molecule has 3 aromatic rings. The van der Waals surface area contributed by atoms with Crippen LogP contribution in [-0.4, -0.2) is 26.9 Å². The van der Waals surface area contributed by atoms with Crippen LogP contribution in [0.4, 0.5) is 0 Å². The molecule has 0 saturated carbocycles. The van der Waals surface area contributed by atoms with E-state index in [0.29, 0.717) is 12.3 Å². The van der Waals surface area contributed by atoms with Gasteiger partial charge < -0.3 is 4.74 Å². The molecule has 3 rings (SSSR count). The van der Waals surface area contributed by atoms with Gasteiger partial charge in [0, 0.05) is 23.3 Å². The summed E-state index contributed by atoms with van der Waals surface area (Å²) >= 11 is 4.81. The Morgan fingerprint density at radius 1 is 1.55 bits per heavy atom. The molecule has 0 aliphatic carbocycles. The van der Waals surface area contributed by atoms with Crippen LogP contribution in [0.15, 0.2) is 34.5 Å². The lowest BCUT2D eigenvalue weighted by Gasteiger charge is -1.99. The van der Waals surface area contributed by atoms with E-state index in [1.54, 1.807) is 22.9 Å². The van der Waals surface area contributed by atoms with Crippen LogP contribution in [0, 0.1) is 0 Å². The molecule has 0 aromatic carbocycles. The van der Waals surface area contributed by atoms with Gasteiger partial charge in [0.05, 0.1) is 12.3 Å². The highest BCUT2D eigenvalue weighted by atomic mass is 79.9. The number of fused-ring (bicyclic) bond motifs is 1. The van der Waals surface area contributed by atoms with Gasteiger partial charge in [0.15, 0.2) is 4.96 Å². The van der Waals surface area contributed by atoms with Gasteiger partial charge in [-0.2, -0.15) is 0 Å². The molecular weight excluding hydrogens is 342 g/mol. The molecule has 20 heavy (non-hydrogen) atoms. The molecule has 0 bridgehead atoms. The number of pyridine rings is 1. The lowest BCUT2D eigenvalue weighted by Crippen LogP contribution is -2.06. The van der Waals surface area contributed by atoms with E-state index in [0.717, 1.165) is 20.8 Å². The van der Waals surface area contributed by atoms with Gasteiger partial charge >= 0.3 is 5.97 Å². The standard InChI is InChI=1S/C13H10BrN3O2S/c1-2-19-12(18)10-7-20-13-16-9(6-17(10)13)8-4-3-5-15-11(8)14/h3-7H,2H2,1H3. The molecule has 3 aromatic heterocycles. The van der Waals surface area contributed by atoms with Crippen molar-refractivity contribution < 1.29 is 9.53 Å². The quantitative estimate of drug-likeness (QED) is 0.536. The molecule has 0 spiro atoms. The minimum Gasteiger partial charge on any atom is -0.461 e. The number of ether oxygens (including phenoxy) is 1. The van der Waals surface area contributed by atoms with E-state index < -0.39 is 0 Å². The number of rotatable bonds is 3. The third kappa shape index (κ3) is 2.23. The number of thiazole rings is 1. The number of halogens is 1. The number of imidazole rings is 1. The van der Waals surface area contributed by atoms with Crippen molar-refractivity contribution >= 4 is 38.2 Å². The summed E-state index contributed by atoms with van der Waals surface area (Å²) in [6.45, 7) is 2.14. The largest absolute Gasteiger partial charge is 0.461 e. The number of esters is 1. The molecule has 7 heteroatoms. The van der Waals surface area contributed by atoms with Gasteiger partial charge in [0.2, 0.25) is 0 Å². The monoisotopic (exact) mass is 351 g/mol. The van der Waals surface area contributed by atoms with E-state index in [1.807, 2.05) is 18.3 Å². The predicted octanol–water partition coefficient (Wildman–Crippen LogP) is 3.40. The van der Waals surface area contributed by atoms with E-state index in [9.17, 15) is 4.79 Å². The normalized spacial score (nSPS) is 10.9. The molecule has 3 heterocycles. The molecule has 0 aliphatic heterocycles. The molecular formula is C13H10BrN3O2S. The molecule has 0 atom stereocenters. The Morgan fingerprint density at radius 3 is 3.15 bits per heavy atom. The van der Waals surface area contributed by atoms with Crippen molar-refractivity contribution in [1.82, 2.24) is 14.4 Å². The van der Waals surface area contributed by atoms with Crippen LogP contribution < -0.4 is 0 Å². The summed E-state index contributed by atoms with van der Waals surface area (Å²) in [5, 5.41) is 1.75. The van der Waals surface area contributed by atoms with Crippen LogP contribution in [0.25, 0.3) is 16.2 Å². The SMILES string of the molecule is CCOC(=O)c1csc2nc(-c3cccnc3Br)cn12. The Morgan fingerprint density at radius 2 is 2.40 bits per heavy atom. The first-order valence-electron chi connectivity index (χ1n) is 5.95. The molecule has 0 saturated heterocycles. The number of aromatic nitrogens is 3. The first-order chi connectivity index (χ1) is 9.70. The topological polar surface area (TPSA) is 56.5 Å². The summed E-state index contributed by atoms with van der Waals surface area (Å²) < 4.78 is 7.50. The average molecular weight is 352 g/mol. The fourth-order valence-electron chi connectivity index (χ4n) is 1.84. The summed E-state index contributed by atoms with van der Waals surface area (Å²) in [6, 6.07) is 3.77. The van der Waals surface area contributed by atoms with Crippen molar-refractivity contribution in [3.63, 3.8) is 0 Å². The highest BCUT2D eigenvalue weighted by Gasteiger charge is 2.16. The molecule has 0 unspecified atom stereocenters. The Balaban J connectivity index is 2.08. The lowest BCUT2D eigenvalue weighted by molar-refractivity contribution is 0.0518. The van der Waals surface area contributed by atoms with Gasteiger partial charge in [-0.3, -0.25) is 4.40 Å². The maximum absolute atomic E-state index is 11.8. The minimum atomic E-state index is -0.340. The molecule has 102 valence electrons. The third-order valence-corrected chi connectivity index (χ3v) is 4.20. The molecule has 0 fully saturated rings. The highest BCUT2D eigenvalue weighted by Crippen LogP contribution is 2.28. The summed E-state index contributed by atoms with van der Waals surface area (Å²) in [5.74, 6) is -0.340. The van der Waals surface area contributed by atoms with Crippen LogP contribution in [0.3, 0.4) is 0 Å². The fourth-order valence-corrected chi connectivity index (χ4v) is 3.14. The van der Waals surface area contributed by atoms with Crippen LogP contribution in [-0.2, 0) is 4.74 Å². The van der Waals surface area contributed by atoms with Gasteiger partial charge in [-0.05, 0) is 35.0 Å². The van der Waals surface area contributed by atoms with Crippen molar-refractivity contribution in [1.29, 1.82) is 0 Å². The summed E-state index contributed by atoms with van der Waals surface area (Å²) in [5.41, 5.74) is 2.14. The van der Waals surface area contributed by atoms with E-state index in [4.69, 9.17) is 4.74 Å². The summed E-state index contributed by atoms with van der Waals surface area (Å²) in [6.07, 6.45) is 3.52. The molecule has 0 N–H and O–H groups in total. The zero-order chi connectivity index (χ0) is 14.1. The van der Waals surface area contributed by atoms with Gasteiger partial charge in [-0.25, -0.2) is 14.8 Å². The van der Waals surface area contributed by atoms with Crippen molar-refractivity contribution in [2.45, 2.75) is 6.92 Å². The molecule has 5 nitrogen and oxygen atoms in total.